The molecule has 2 heterocycles. The van der Waals surface area contributed by atoms with E-state index in [0.29, 0.717) is 17.9 Å². The zero-order chi connectivity index (χ0) is 17.8. The van der Waals surface area contributed by atoms with Gasteiger partial charge in [0, 0.05) is 18.3 Å². The van der Waals surface area contributed by atoms with Crippen molar-refractivity contribution in [3.63, 3.8) is 0 Å². The van der Waals surface area contributed by atoms with Crippen LogP contribution in [0.15, 0.2) is 67.1 Å². The number of hydrogen-bond acceptors (Lipinski definition) is 6. The summed E-state index contributed by atoms with van der Waals surface area (Å²) in [7, 11) is 0. The van der Waals surface area contributed by atoms with Gasteiger partial charge in [0.1, 0.15) is 12.1 Å². The number of carbonyl (C=O) groups excluding carboxylic acids is 1. The van der Waals surface area contributed by atoms with Gasteiger partial charge < -0.3 is 10.6 Å². The van der Waals surface area contributed by atoms with Crippen LogP contribution in [-0.2, 0) is 6.54 Å². The Kier molecular flexibility index (Phi) is 4.53. The molecule has 0 aliphatic heterocycles. The molecule has 7 heteroatoms. The van der Waals surface area contributed by atoms with E-state index in [4.69, 9.17) is 0 Å². The lowest BCUT2D eigenvalue weighted by molar-refractivity contribution is 0.0951. The Morgan fingerprint density at radius 3 is 2.77 bits per heavy atom. The summed E-state index contributed by atoms with van der Waals surface area (Å²) in [6, 6.07) is 17.1. The Bertz CT molecular complexity index is 1030. The van der Waals surface area contributed by atoms with Crippen molar-refractivity contribution in [2.75, 3.05) is 5.32 Å². The Morgan fingerprint density at radius 1 is 1.08 bits per heavy atom. The first-order valence-corrected chi connectivity index (χ1v) is 8.85. The van der Waals surface area contributed by atoms with Crippen LogP contribution < -0.4 is 10.6 Å². The van der Waals surface area contributed by atoms with Crippen molar-refractivity contribution < 1.29 is 4.79 Å². The van der Waals surface area contributed by atoms with Crippen LogP contribution in [0.2, 0.25) is 0 Å². The van der Waals surface area contributed by atoms with Crippen molar-refractivity contribution >= 4 is 38.4 Å². The number of hydrogen-bond donors (Lipinski definition) is 2. The first-order chi connectivity index (χ1) is 12.8. The van der Waals surface area contributed by atoms with E-state index < -0.39 is 0 Å². The minimum absolute atomic E-state index is 0.102. The maximum atomic E-state index is 12.4. The normalized spacial score (nSPS) is 10.6. The molecule has 0 aliphatic carbocycles. The molecule has 0 fully saturated rings. The molecular formula is C19H15N5OS. The van der Waals surface area contributed by atoms with Crippen LogP contribution in [0, 0.1) is 0 Å². The van der Waals surface area contributed by atoms with Crippen molar-refractivity contribution in [1.82, 2.24) is 20.3 Å². The number of nitrogens with zero attached hydrogens (tertiary/aromatic N) is 3. The molecule has 0 spiro atoms. The highest BCUT2D eigenvalue weighted by molar-refractivity contribution is 7.22. The highest BCUT2D eigenvalue weighted by atomic mass is 32.1. The summed E-state index contributed by atoms with van der Waals surface area (Å²) in [6.45, 7) is 0.501. The van der Waals surface area contributed by atoms with Gasteiger partial charge in [0.25, 0.3) is 5.91 Å². The average Bonchev–Trinajstić information content (AvgIpc) is 3.09. The number of fused-ring (bicyclic) bond motifs is 1. The van der Waals surface area contributed by atoms with Crippen LogP contribution in [0.3, 0.4) is 0 Å². The van der Waals surface area contributed by atoms with E-state index in [2.05, 4.69) is 25.6 Å². The lowest BCUT2D eigenvalue weighted by atomic mass is 10.2. The molecule has 2 aromatic heterocycles. The van der Waals surface area contributed by atoms with Crippen molar-refractivity contribution in [3.05, 3.63) is 78.2 Å². The molecule has 6 nitrogen and oxygen atoms in total. The topological polar surface area (TPSA) is 79.8 Å². The van der Waals surface area contributed by atoms with Crippen LogP contribution in [-0.4, -0.2) is 20.9 Å². The third-order valence-electron chi connectivity index (χ3n) is 3.76. The van der Waals surface area contributed by atoms with Gasteiger partial charge in [0.05, 0.1) is 10.2 Å². The fourth-order valence-electron chi connectivity index (χ4n) is 2.47. The van der Waals surface area contributed by atoms with E-state index in [-0.39, 0.29) is 5.91 Å². The van der Waals surface area contributed by atoms with E-state index in [0.717, 1.165) is 20.9 Å². The molecule has 128 valence electrons. The van der Waals surface area contributed by atoms with Crippen molar-refractivity contribution in [3.8, 4) is 0 Å². The summed E-state index contributed by atoms with van der Waals surface area (Å²) >= 11 is 1.48. The lowest BCUT2D eigenvalue weighted by Crippen LogP contribution is -2.22. The van der Waals surface area contributed by atoms with Gasteiger partial charge in [-0.3, -0.25) is 4.79 Å². The number of nitrogens with one attached hydrogen (secondary N) is 2. The quantitative estimate of drug-likeness (QED) is 0.566. The van der Waals surface area contributed by atoms with Gasteiger partial charge in [0.15, 0.2) is 5.13 Å². The van der Waals surface area contributed by atoms with Crippen molar-refractivity contribution in [2.24, 2.45) is 0 Å². The third-order valence-corrected chi connectivity index (χ3v) is 4.70. The molecule has 0 saturated heterocycles. The largest absolute Gasteiger partial charge is 0.348 e. The fourth-order valence-corrected chi connectivity index (χ4v) is 3.39. The van der Waals surface area contributed by atoms with Crippen molar-refractivity contribution in [1.29, 1.82) is 0 Å². The van der Waals surface area contributed by atoms with E-state index in [1.54, 1.807) is 18.3 Å². The molecule has 0 bridgehead atoms. The number of anilines is 2. The van der Waals surface area contributed by atoms with E-state index in [1.807, 2.05) is 42.5 Å². The highest BCUT2D eigenvalue weighted by Crippen LogP contribution is 2.28. The van der Waals surface area contributed by atoms with Crippen molar-refractivity contribution in [2.45, 2.75) is 6.54 Å². The summed E-state index contributed by atoms with van der Waals surface area (Å²) < 4.78 is 0.939. The Labute approximate surface area is 154 Å². The van der Waals surface area contributed by atoms with E-state index in [9.17, 15) is 4.79 Å². The number of carbonyl (C=O) groups is 1. The molecule has 0 unspecified atom stereocenters. The molecule has 1 amide bonds. The number of aromatic nitrogens is 3. The standard InChI is InChI=1S/C19H15N5OS/c25-18(21-11-13-4-2-1-3-5-13)14-6-7-15-16(10-14)26-19(23-15)24-17-8-9-20-12-22-17/h1-10,12H,11H2,(H,21,25)(H,20,22,23,24). The molecule has 0 atom stereocenters. The van der Waals surface area contributed by atoms with Gasteiger partial charge >= 0.3 is 0 Å². The third kappa shape index (κ3) is 3.68. The second-order valence-electron chi connectivity index (χ2n) is 5.59. The average molecular weight is 361 g/mol. The molecule has 4 aromatic rings. The summed E-state index contributed by atoms with van der Waals surface area (Å²) in [4.78, 5) is 24.9. The zero-order valence-corrected chi connectivity index (χ0v) is 14.5. The van der Waals surface area contributed by atoms with E-state index >= 15 is 0 Å². The van der Waals surface area contributed by atoms with Gasteiger partial charge in [-0.15, -0.1) is 0 Å². The number of thiazole rings is 1. The number of benzene rings is 2. The number of rotatable bonds is 5. The Morgan fingerprint density at radius 2 is 1.96 bits per heavy atom. The molecule has 26 heavy (non-hydrogen) atoms. The molecule has 2 N–H and O–H groups in total. The summed E-state index contributed by atoms with van der Waals surface area (Å²) in [5.41, 5.74) is 2.52. The SMILES string of the molecule is O=C(NCc1ccccc1)c1ccc2nc(Nc3ccncn3)sc2c1. The molecule has 0 saturated carbocycles. The molecular weight excluding hydrogens is 346 g/mol. The molecule has 2 aromatic carbocycles. The zero-order valence-electron chi connectivity index (χ0n) is 13.7. The maximum Gasteiger partial charge on any atom is 0.251 e. The Balaban J connectivity index is 1.49. The molecule has 4 rings (SSSR count). The number of amides is 1. The van der Waals surface area contributed by atoms with Crippen LogP contribution in [0.25, 0.3) is 10.2 Å². The second-order valence-corrected chi connectivity index (χ2v) is 6.62. The van der Waals surface area contributed by atoms with Gasteiger partial charge in [0.2, 0.25) is 0 Å². The lowest BCUT2D eigenvalue weighted by Gasteiger charge is -2.05. The maximum absolute atomic E-state index is 12.4. The van der Waals surface area contributed by atoms with Crippen LogP contribution in [0.5, 0.6) is 0 Å². The first kappa shape index (κ1) is 16.2. The van der Waals surface area contributed by atoms with Crippen LogP contribution in [0.4, 0.5) is 10.9 Å². The summed E-state index contributed by atoms with van der Waals surface area (Å²) in [5.74, 6) is 0.578. The minimum atomic E-state index is -0.102. The Hall–Kier alpha value is -3.32. The summed E-state index contributed by atoms with van der Waals surface area (Å²) in [5, 5.41) is 6.81. The van der Waals surface area contributed by atoms with Gasteiger partial charge in [-0.2, -0.15) is 0 Å². The predicted molar refractivity (Wildman–Crippen MR) is 103 cm³/mol. The second kappa shape index (κ2) is 7.28. The first-order valence-electron chi connectivity index (χ1n) is 8.04. The van der Waals surface area contributed by atoms with Gasteiger partial charge in [-0.1, -0.05) is 41.7 Å². The molecule has 0 aliphatic rings. The predicted octanol–water partition coefficient (Wildman–Crippen LogP) is 3.76. The molecule has 0 radical (unpaired) electrons. The van der Waals surface area contributed by atoms with E-state index in [1.165, 1.54) is 17.7 Å². The van der Waals surface area contributed by atoms with Gasteiger partial charge in [-0.05, 0) is 29.8 Å². The summed E-state index contributed by atoms with van der Waals surface area (Å²) in [6.07, 6.45) is 3.14. The van der Waals surface area contributed by atoms with Crippen LogP contribution >= 0.6 is 11.3 Å². The minimum Gasteiger partial charge on any atom is -0.348 e. The fraction of sp³-hybridized carbons (Fsp3) is 0.0526. The van der Waals surface area contributed by atoms with Gasteiger partial charge in [-0.25, -0.2) is 15.0 Å². The van der Waals surface area contributed by atoms with Crippen LogP contribution in [0.1, 0.15) is 15.9 Å². The monoisotopic (exact) mass is 361 g/mol. The smallest absolute Gasteiger partial charge is 0.251 e. The highest BCUT2D eigenvalue weighted by Gasteiger charge is 2.10.